The molecule has 0 unspecified atom stereocenters. The summed E-state index contributed by atoms with van der Waals surface area (Å²) in [5, 5.41) is 0.802. The lowest BCUT2D eigenvalue weighted by Crippen LogP contribution is -2.13. The maximum Gasteiger partial charge on any atom is 0.0406 e. The van der Waals surface area contributed by atoms with Crippen LogP contribution in [-0.4, -0.2) is 25.0 Å². The smallest absolute Gasteiger partial charge is 0.0406 e. The van der Waals surface area contributed by atoms with Crippen LogP contribution in [0.15, 0.2) is 30.3 Å². The van der Waals surface area contributed by atoms with E-state index in [0.29, 0.717) is 0 Å². The zero-order valence-corrected chi connectivity index (χ0v) is 8.38. The van der Waals surface area contributed by atoms with Gasteiger partial charge >= 0.3 is 0 Å². The molecule has 0 aromatic heterocycles. The number of rotatable bonds is 1. The molecule has 0 spiro atoms. The van der Waals surface area contributed by atoms with E-state index in [1.807, 2.05) is 12.1 Å². The highest BCUT2D eigenvalue weighted by molar-refractivity contribution is 6.30. The molecule has 0 saturated heterocycles. The first kappa shape index (κ1) is 8.79. The molecule has 0 bridgehead atoms. The van der Waals surface area contributed by atoms with Crippen LogP contribution in [0.1, 0.15) is 5.56 Å². The third-order valence-electron chi connectivity index (χ3n) is 2.30. The fourth-order valence-electron chi connectivity index (χ4n) is 1.56. The van der Waals surface area contributed by atoms with Gasteiger partial charge in [0.15, 0.2) is 0 Å². The maximum absolute atomic E-state index is 5.82. The van der Waals surface area contributed by atoms with Crippen molar-refractivity contribution >= 4 is 17.2 Å². The molecule has 1 aromatic rings. The minimum absolute atomic E-state index is 0.802. The Hall–Kier alpha value is -0.790. The van der Waals surface area contributed by atoms with E-state index in [1.54, 1.807) is 0 Å². The van der Waals surface area contributed by atoms with Crippen molar-refractivity contribution in [3.63, 3.8) is 0 Å². The van der Waals surface area contributed by atoms with Gasteiger partial charge in [-0.2, -0.15) is 0 Å². The molecule has 0 N–H and O–H groups in total. The Labute approximate surface area is 83.6 Å². The molecule has 2 heteroatoms. The highest BCUT2D eigenvalue weighted by Gasteiger charge is 2.10. The molecule has 1 aliphatic heterocycles. The predicted octanol–water partition coefficient (Wildman–Crippen LogP) is 2.67. The molecule has 0 atom stereocenters. The predicted molar refractivity (Wildman–Crippen MR) is 56.9 cm³/mol. The van der Waals surface area contributed by atoms with Gasteiger partial charge in [0.25, 0.3) is 0 Å². The van der Waals surface area contributed by atoms with E-state index in [4.69, 9.17) is 11.6 Å². The molecule has 0 amide bonds. The summed E-state index contributed by atoms with van der Waals surface area (Å²) in [6.07, 6.45) is 2.27. The highest BCUT2D eigenvalue weighted by atomic mass is 35.5. The third-order valence-corrected chi connectivity index (χ3v) is 2.56. The van der Waals surface area contributed by atoms with E-state index in [2.05, 4.69) is 30.2 Å². The average Bonchev–Trinajstić information content (AvgIpc) is 2.53. The van der Waals surface area contributed by atoms with Crippen LogP contribution >= 0.6 is 11.6 Å². The molecule has 68 valence electrons. The lowest BCUT2D eigenvalue weighted by molar-refractivity contribution is 0.438. The van der Waals surface area contributed by atoms with Crippen molar-refractivity contribution < 1.29 is 0 Å². The lowest BCUT2D eigenvalue weighted by Gasteiger charge is -2.07. The number of hydrogen-bond donors (Lipinski definition) is 0. The molecule has 0 aliphatic carbocycles. The van der Waals surface area contributed by atoms with Gasteiger partial charge < -0.3 is 0 Å². The highest BCUT2D eigenvalue weighted by Crippen LogP contribution is 2.21. The van der Waals surface area contributed by atoms with Gasteiger partial charge in [-0.15, -0.1) is 0 Å². The van der Waals surface area contributed by atoms with Crippen LogP contribution in [0.2, 0.25) is 5.02 Å². The van der Waals surface area contributed by atoms with Crippen molar-refractivity contribution in [1.82, 2.24) is 4.90 Å². The SMILES string of the molecule is CN1CC=C(c2ccc(Cl)cc2)C1. The van der Waals surface area contributed by atoms with Gasteiger partial charge in [0.1, 0.15) is 0 Å². The van der Waals surface area contributed by atoms with Crippen molar-refractivity contribution in [2.45, 2.75) is 0 Å². The van der Waals surface area contributed by atoms with E-state index >= 15 is 0 Å². The standard InChI is InChI=1S/C11H12ClN/c1-13-7-6-10(8-13)9-2-4-11(12)5-3-9/h2-6H,7-8H2,1H3. The Morgan fingerprint density at radius 2 is 1.92 bits per heavy atom. The van der Waals surface area contributed by atoms with Crippen LogP contribution in [0, 0.1) is 0 Å². The van der Waals surface area contributed by atoms with Crippen molar-refractivity contribution in [3.8, 4) is 0 Å². The van der Waals surface area contributed by atoms with Crippen LogP contribution in [-0.2, 0) is 0 Å². The normalized spacial score (nSPS) is 17.5. The van der Waals surface area contributed by atoms with Gasteiger partial charge in [-0.25, -0.2) is 0 Å². The van der Waals surface area contributed by atoms with E-state index in [9.17, 15) is 0 Å². The monoisotopic (exact) mass is 193 g/mol. The van der Waals surface area contributed by atoms with E-state index < -0.39 is 0 Å². The van der Waals surface area contributed by atoms with Gasteiger partial charge in [0.05, 0.1) is 0 Å². The van der Waals surface area contributed by atoms with Crippen LogP contribution < -0.4 is 0 Å². The Balaban J connectivity index is 2.22. The second-order valence-corrected chi connectivity index (χ2v) is 3.87. The van der Waals surface area contributed by atoms with Crippen molar-refractivity contribution in [2.75, 3.05) is 20.1 Å². The quantitative estimate of drug-likeness (QED) is 0.663. The first-order valence-corrected chi connectivity index (χ1v) is 4.77. The largest absolute Gasteiger partial charge is 0.298 e. The molecule has 0 radical (unpaired) electrons. The fraction of sp³-hybridized carbons (Fsp3) is 0.273. The van der Waals surface area contributed by atoms with Crippen molar-refractivity contribution in [1.29, 1.82) is 0 Å². The van der Waals surface area contributed by atoms with E-state index in [1.165, 1.54) is 11.1 Å². The van der Waals surface area contributed by atoms with Crippen LogP contribution in [0.5, 0.6) is 0 Å². The number of benzene rings is 1. The molecule has 0 fully saturated rings. The van der Waals surface area contributed by atoms with Crippen LogP contribution in [0.4, 0.5) is 0 Å². The Kier molecular flexibility index (Phi) is 2.38. The Morgan fingerprint density at radius 3 is 2.46 bits per heavy atom. The number of nitrogens with zero attached hydrogens (tertiary/aromatic N) is 1. The summed E-state index contributed by atoms with van der Waals surface area (Å²) < 4.78 is 0. The van der Waals surface area contributed by atoms with Gasteiger partial charge in [0, 0.05) is 18.1 Å². The van der Waals surface area contributed by atoms with Gasteiger partial charge in [-0.3, -0.25) is 4.90 Å². The van der Waals surface area contributed by atoms with Gasteiger partial charge in [0.2, 0.25) is 0 Å². The minimum atomic E-state index is 0.802. The summed E-state index contributed by atoms with van der Waals surface area (Å²) in [7, 11) is 2.12. The Morgan fingerprint density at radius 1 is 1.23 bits per heavy atom. The second-order valence-electron chi connectivity index (χ2n) is 3.43. The first-order chi connectivity index (χ1) is 6.25. The minimum Gasteiger partial charge on any atom is -0.298 e. The van der Waals surface area contributed by atoms with Crippen molar-refractivity contribution in [3.05, 3.63) is 40.9 Å². The molecular weight excluding hydrogens is 182 g/mol. The number of hydrogen-bond acceptors (Lipinski definition) is 1. The summed E-state index contributed by atoms with van der Waals surface area (Å²) >= 11 is 5.82. The number of halogens is 1. The topological polar surface area (TPSA) is 3.24 Å². The molecule has 1 aliphatic rings. The maximum atomic E-state index is 5.82. The van der Waals surface area contributed by atoms with Gasteiger partial charge in [-0.1, -0.05) is 29.8 Å². The second kappa shape index (κ2) is 3.52. The fourth-order valence-corrected chi connectivity index (χ4v) is 1.69. The molecule has 1 heterocycles. The van der Waals surface area contributed by atoms with E-state index in [0.717, 1.165) is 18.1 Å². The zero-order valence-electron chi connectivity index (χ0n) is 7.63. The molecule has 13 heavy (non-hydrogen) atoms. The zero-order chi connectivity index (χ0) is 9.26. The average molecular weight is 194 g/mol. The molecule has 2 rings (SSSR count). The molecule has 1 nitrogen and oxygen atoms in total. The first-order valence-electron chi connectivity index (χ1n) is 4.39. The summed E-state index contributed by atoms with van der Waals surface area (Å²) in [6.45, 7) is 2.10. The molecule has 1 aromatic carbocycles. The molecular formula is C11H12ClN. The summed E-state index contributed by atoms with van der Waals surface area (Å²) in [6, 6.07) is 8.03. The molecule has 0 saturated carbocycles. The third kappa shape index (κ3) is 1.93. The lowest BCUT2D eigenvalue weighted by atomic mass is 10.1. The summed E-state index contributed by atoms with van der Waals surface area (Å²) in [5.74, 6) is 0. The van der Waals surface area contributed by atoms with Gasteiger partial charge in [-0.05, 0) is 30.3 Å². The summed E-state index contributed by atoms with van der Waals surface area (Å²) in [5.41, 5.74) is 2.69. The van der Waals surface area contributed by atoms with Crippen LogP contribution in [0.25, 0.3) is 5.57 Å². The Bertz CT molecular complexity index is 326. The van der Waals surface area contributed by atoms with E-state index in [-0.39, 0.29) is 0 Å². The number of likely N-dealkylation sites (N-methyl/N-ethyl adjacent to an activating group) is 1. The van der Waals surface area contributed by atoms with Crippen LogP contribution in [0.3, 0.4) is 0 Å². The summed E-state index contributed by atoms with van der Waals surface area (Å²) in [4.78, 5) is 2.28. The van der Waals surface area contributed by atoms with Crippen molar-refractivity contribution in [2.24, 2.45) is 0 Å².